The lowest BCUT2D eigenvalue weighted by atomic mass is 9.59. The highest BCUT2D eigenvalue weighted by Crippen LogP contribution is 2.56. The predicted molar refractivity (Wildman–Crippen MR) is 51.9 cm³/mol. The molecule has 0 bridgehead atoms. The van der Waals surface area contributed by atoms with Crippen molar-refractivity contribution >= 4 is 11.8 Å². The van der Waals surface area contributed by atoms with E-state index in [1.54, 1.807) is 0 Å². The maximum absolute atomic E-state index is 2.37. The Labute approximate surface area is 74.1 Å². The second kappa shape index (κ2) is 2.69. The minimum absolute atomic E-state index is 0.833. The molecular weight excluding hydrogens is 152 g/mol. The second-order valence-electron chi connectivity index (χ2n) is 4.71. The average molecular weight is 170 g/mol. The zero-order valence-corrected chi connectivity index (χ0v) is 8.41. The lowest BCUT2D eigenvalue weighted by molar-refractivity contribution is 0.0507. The Kier molecular flexibility index (Phi) is 1.95. The lowest BCUT2D eigenvalue weighted by Gasteiger charge is -2.47. The summed E-state index contributed by atoms with van der Waals surface area (Å²) in [6.07, 6.45) is 4.59. The van der Waals surface area contributed by atoms with Crippen LogP contribution in [0.25, 0.3) is 0 Å². The topological polar surface area (TPSA) is 0 Å². The maximum Gasteiger partial charge on any atom is -0.00103 e. The molecule has 2 fully saturated rings. The Morgan fingerprint density at radius 2 is 2.09 bits per heavy atom. The van der Waals surface area contributed by atoms with Crippen LogP contribution in [-0.2, 0) is 0 Å². The molecule has 0 aromatic rings. The van der Waals surface area contributed by atoms with E-state index in [-0.39, 0.29) is 0 Å². The zero-order valence-electron chi connectivity index (χ0n) is 7.60. The molecule has 1 saturated heterocycles. The fourth-order valence-electron chi connectivity index (χ4n) is 2.50. The van der Waals surface area contributed by atoms with E-state index in [2.05, 4.69) is 25.6 Å². The van der Waals surface area contributed by atoms with Gasteiger partial charge in [-0.15, -0.1) is 0 Å². The van der Waals surface area contributed by atoms with Crippen molar-refractivity contribution in [3.8, 4) is 0 Å². The first-order valence-electron chi connectivity index (χ1n) is 4.80. The van der Waals surface area contributed by atoms with Gasteiger partial charge < -0.3 is 0 Å². The molecule has 1 heteroatoms. The second-order valence-corrected chi connectivity index (χ2v) is 5.82. The van der Waals surface area contributed by atoms with Gasteiger partial charge in [0.05, 0.1) is 0 Å². The molecule has 1 aliphatic heterocycles. The molecule has 11 heavy (non-hydrogen) atoms. The van der Waals surface area contributed by atoms with Crippen molar-refractivity contribution in [2.45, 2.75) is 33.1 Å². The van der Waals surface area contributed by atoms with Crippen molar-refractivity contribution < 1.29 is 0 Å². The highest BCUT2D eigenvalue weighted by Gasteiger charge is 2.46. The summed E-state index contributed by atoms with van der Waals surface area (Å²) < 4.78 is 0. The maximum atomic E-state index is 2.37. The summed E-state index contributed by atoms with van der Waals surface area (Å²) in [7, 11) is 0. The van der Waals surface area contributed by atoms with E-state index in [1.807, 2.05) is 0 Å². The van der Waals surface area contributed by atoms with Crippen molar-refractivity contribution in [3.05, 3.63) is 0 Å². The highest BCUT2D eigenvalue weighted by molar-refractivity contribution is 7.99. The Morgan fingerprint density at radius 3 is 2.55 bits per heavy atom. The molecular formula is C10H18S. The SMILES string of the molecule is CC(C)C1CC2(CCSC2)C1. The van der Waals surface area contributed by atoms with E-state index in [4.69, 9.17) is 0 Å². The molecule has 0 radical (unpaired) electrons. The van der Waals surface area contributed by atoms with Gasteiger partial charge in [-0.05, 0) is 48.0 Å². The average Bonchev–Trinajstić information content (AvgIpc) is 2.29. The van der Waals surface area contributed by atoms with Crippen LogP contribution < -0.4 is 0 Å². The van der Waals surface area contributed by atoms with Crippen LogP contribution in [0.3, 0.4) is 0 Å². The molecule has 0 aromatic carbocycles. The van der Waals surface area contributed by atoms with Gasteiger partial charge in [-0.25, -0.2) is 0 Å². The van der Waals surface area contributed by atoms with Gasteiger partial charge in [-0.3, -0.25) is 0 Å². The Balaban J connectivity index is 1.86. The summed E-state index contributed by atoms with van der Waals surface area (Å²) in [4.78, 5) is 0. The van der Waals surface area contributed by atoms with Crippen molar-refractivity contribution in [1.82, 2.24) is 0 Å². The first-order chi connectivity index (χ1) is 5.22. The molecule has 0 N–H and O–H groups in total. The van der Waals surface area contributed by atoms with Gasteiger partial charge in [0, 0.05) is 0 Å². The molecule has 2 rings (SSSR count). The molecule has 0 unspecified atom stereocenters. The van der Waals surface area contributed by atoms with Crippen LogP contribution in [0, 0.1) is 17.3 Å². The molecule has 2 aliphatic rings. The fourth-order valence-corrected chi connectivity index (χ4v) is 4.03. The number of hydrogen-bond acceptors (Lipinski definition) is 1. The van der Waals surface area contributed by atoms with Crippen LogP contribution in [0.15, 0.2) is 0 Å². The summed E-state index contributed by atoms with van der Waals surface area (Å²) >= 11 is 2.17. The summed E-state index contributed by atoms with van der Waals surface area (Å²) in [6.45, 7) is 4.75. The van der Waals surface area contributed by atoms with E-state index in [1.165, 1.54) is 30.8 Å². The van der Waals surface area contributed by atoms with Gasteiger partial charge in [-0.1, -0.05) is 13.8 Å². The summed E-state index contributed by atoms with van der Waals surface area (Å²) in [5.74, 6) is 4.90. The van der Waals surface area contributed by atoms with Gasteiger partial charge in [0.15, 0.2) is 0 Å². The monoisotopic (exact) mass is 170 g/mol. The molecule has 0 atom stereocenters. The van der Waals surface area contributed by atoms with E-state index >= 15 is 0 Å². The molecule has 0 aromatic heterocycles. The smallest absolute Gasteiger partial charge is 0.00103 e. The zero-order chi connectivity index (χ0) is 7.90. The van der Waals surface area contributed by atoms with Gasteiger partial charge in [0.1, 0.15) is 0 Å². The predicted octanol–water partition coefficient (Wildman–Crippen LogP) is 3.18. The van der Waals surface area contributed by atoms with E-state index < -0.39 is 0 Å². The fraction of sp³-hybridized carbons (Fsp3) is 1.00. The Morgan fingerprint density at radius 1 is 1.36 bits per heavy atom. The van der Waals surface area contributed by atoms with Crippen LogP contribution in [0.5, 0.6) is 0 Å². The summed E-state index contributed by atoms with van der Waals surface area (Å²) in [5.41, 5.74) is 0.833. The normalized spacial score (nSPS) is 43.4. The third-order valence-corrected chi connectivity index (χ3v) is 4.83. The summed E-state index contributed by atoms with van der Waals surface area (Å²) in [5, 5.41) is 0. The van der Waals surface area contributed by atoms with Crippen molar-refractivity contribution in [3.63, 3.8) is 0 Å². The molecule has 1 saturated carbocycles. The highest BCUT2D eigenvalue weighted by atomic mass is 32.2. The molecule has 1 aliphatic carbocycles. The van der Waals surface area contributed by atoms with Gasteiger partial charge >= 0.3 is 0 Å². The minimum atomic E-state index is 0.833. The van der Waals surface area contributed by atoms with Crippen LogP contribution in [0.2, 0.25) is 0 Å². The van der Waals surface area contributed by atoms with Crippen molar-refractivity contribution in [1.29, 1.82) is 0 Å². The van der Waals surface area contributed by atoms with Gasteiger partial charge in [-0.2, -0.15) is 11.8 Å². The molecule has 64 valence electrons. The van der Waals surface area contributed by atoms with Gasteiger partial charge in [0.2, 0.25) is 0 Å². The quantitative estimate of drug-likeness (QED) is 0.582. The molecule has 1 heterocycles. The molecule has 0 nitrogen and oxygen atoms in total. The standard InChI is InChI=1S/C10H18S/c1-8(2)9-5-10(6-9)3-4-11-7-10/h8-9H,3-7H2,1-2H3. The van der Waals surface area contributed by atoms with Crippen molar-refractivity contribution in [2.75, 3.05) is 11.5 Å². The largest absolute Gasteiger partial charge is 0.161 e. The van der Waals surface area contributed by atoms with E-state index in [0.717, 1.165) is 17.3 Å². The van der Waals surface area contributed by atoms with Crippen LogP contribution in [0.1, 0.15) is 33.1 Å². The van der Waals surface area contributed by atoms with E-state index in [9.17, 15) is 0 Å². The summed E-state index contributed by atoms with van der Waals surface area (Å²) in [6, 6.07) is 0. The van der Waals surface area contributed by atoms with Crippen molar-refractivity contribution in [2.24, 2.45) is 17.3 Å². The number of hydrogen-bond donors (Lipinski definition) is 0. The molecule has 0 amide bonds. The van der Waals surface area contributed by atoms with E-state index in [0.29, 0.717) is 0 Å². The van der Waals surface area contributed by atoms with Crippen LogP contribution >= 0.6 is 11.8 Å². The minimum Gasteiger partial charge on any atom is -0.161 e. The Hall–Kier alpha value is 0.350. The first kappa shape index (κ1) is 7.97. The Bertz CT molecular complexity index is 137. The first-order valence-corrected chi connectivity index (χ1v) is 5.95. The van der Waals surface area contributed by atoms with Gasteiger partial charge in [0.25, 0.3) is 0 Å². The third-order valence-electron chi connectivity index (χ3n) is 3.52. The number of thioether (sulfide) groups is 1. The third kappa shape index (κ3) is 1.32. The van der Waals surface area contributed by atoms with Crippen LogP contribution in [0.4, 0.5) is 0 Å². The molecule has 1 spiro atoms. The van der Waals surface area contributed by atoms with Crippen LogP contribution in [-0.4, -0.2) is 11.5 Å². The number of rotatable bonds is 1. The lowest BCUT2D eigenvalue weighted by Crippen LogP contribution is -2.39.